The molecule has 0 aliphatic heterocycles. The molecule has 0 saturated heterocycles. The molecular formula is C13H11F5N2O2. The highest BCUT2D eigenvalue weighted by molar-refractivity contribution is 5.71. The minimum Gasteiger partial charge on any atom is -0.487 e. The van der Waals surface area contributed by atoms with Crippen LogP contribution >= 0.6 is 0 Å². The fraction of sp³-hybridized carbons (Fsp3) is 0.308. The van der Waals surface area contributed by atoms with Crippen molar-refractivity contribution in [1.29, 1.82) is 0 Å². The molecule has 1 heterocycles. The minimum absolute atomic E-state index is 0.00718. The van der Waals surface area contributed by atoms with Gasteiger partial charge in [-0.15, -0.1) is 13.2 Å². The quantitative estimate of drug-likeness (QED) is 0.846. The van der Waals surface area contributed by atoms with E-state index in [0.717, 1.165) is 12.1 Å². The van der Waals surface area contributed by atoms with Gasteiger partial charge in [0.05, 0.1) is 6.20 Å². The van der Waals surface area contributed by atoms with Gasteiger partial charge in [-0.2, -0.15) is 5.10 Å². The van der Waals surface area contributed by atoms with Crippen LogP contribution in [0.3, 0.4) is 0 Å². The molecule has 0 amide bonds. The van der Waals surface area contributed by atoms with Gasteiger partial charge in [0.2, 0.25) is 0 Å². The Balaban J connectivity index is 2.32. The number of aromatic nitrogens is 2. The molecule has 0 aliphatic carbocycles. The molecule has 0 bridgehead atoms. The van der Waals surface area contributed by atoms with Crippen LogP contribution in [0, 0.1) is 0 Å². The van der Waals surface area contributed by atoms with Crippen LogP contribution in [0.5, 0.6) is 11.5 Å². The average molecular weight is 322 g/mol. The Morgan fingerprint density at radius 1 is 1.18 bits per heavy atom. The number of nitrogens with zero attached hydrogens (tertiary/aromatic N) is 1. The second kappa shape index (κ2) is 5.82. The molecule has 0 spiro atoms. The Kier molecular flexibility index (Phi) is 4.25. The van der Waals surface area contributed by atoms with Gasteiger partial charge in [0.15, 0.2) is 6.61 Å². The van der Waals surface area contributed by atoms with Crippen LogP contribution in [0.2, 0.25) is 0 Å². The zero-order valence-electron chi connectivity index (χ0n) is 11.2. The summed E-state index contributed by atoms with van der Waals surface area (Å²) in [6, 6.07) is 3.30. The predicted octanol–water partition coefficient (Wildman–Crippen LogP) is 4.01. The lowest BCUT2D eigenvalue weighted by atomic mass is 10.1. The molecule has 0 unspecified atom stereocenters. The molecule has 2 rings (SSSR count). The number of nitrogens with one attached hydrogen (secondary N) is 1. The van der Waals surface area contributed by atoms with Crippen LogP contribution in [-0.4, -0.2) is 29.1 Å². The van der Waals surface area contributed by atoms with Crippen molar-refractivity contribution < 1.29 is 31.4 Å². The van der Waals surface area contributed by atoms with Gasteiger partial charge in [-0.05, 0) is 18.2 Å². The van der Waals surface area contributed by atoms with E-state index in [1.165, 1.54) is 18.5 Å². The van der Waals surface area contributed by atoms with E-state index in [1.54, 1.807) is 0 Å². The summed E-state index contributed by atoms with van der Waals surface area (Å²) >= 11 is 0. The van der Waals surface area contributed by atoms with Crippen molar-refractivity contribution in [3.63, 3.8) is 0 Å². The molecule has 0 saturated carbocycles. The summed E-state index contributed by atoms with van der Waals surface area (Å²) in [5, 5.41) is 6.07. The lowest BCUT2D eigenvalue weighted by Crippen LogP contribution is -2.21. The smallest absolute Gasteiger partial charge is 0.487 e. The zero-order valence-corrected chi connectivity index (χ0v) is 11.2. The standard InChI is InChI=1S/C13H11F5N2O2/c1-12(14,15)7-21-9-2-3-11(22-13(16,17)18)10(4-9)8-5-19-20-6-8/h2-6H,7H2,1H3,(H,19,20). The molecule has 1 N–H and O–H groups in total. The van der Waals surface area contributed by atoms with Gasteiger partial charge in [-0.25, -0.2) is 8.78 Å². The number of H-pyrrole nitrogens is 1. The number of hydrogen-bond donors (Lipinski definition) is 1. The topological polar surface area (TPSA) is 47.1 Å². The Morgan fingerprint density at radius 3 is 2.45 bits per heavy atom. The SMILES string of the molecule is CC(F)(F)COc1ccc(OC(F)(F)F)c(-c2cn[nH]c2)c1. The highest BCUT2D eigenvalue weighted by Gasteiger charge is 2.32. The lowest BCUT2D eigenvalue weighted by Gasteiger charge is -2.15. The molecule has 22 heavy (non-hydrogen) atoms. The molecule has 9 heteroatoms. The van der Waals surface area contributed by atoms with E-state index >= 15 is 0 Å². The van der Waals surface area contributed by atoms with Gasteiger partial charge in [-0.1, -0.05) is 0 Å². The number of rotatable bonds is 5. The van der Waals surface area contributed by atoms with Crippen LogP contribution < -0.4 is 9.47 Å². The van der Waals surface area contributed by atoms with Crippen LogP contribution in [0.1, 0.15) is 6.92 Å². The first kappa shape index (κ1) is 16.1. The summed E-state index contributed by atoms with van der Waals surface area (Å²) in [5.41, 5.74) is 0.316. The third kappa shape index (κ3) is 4.61. The van der Waals surface area contributed by atoms with E-state index in [1.807, 2.05) is 0 Å². The Labute approximate surface area is 121 Å². The van der Waals surface area contributed by atoms with Crippen molar-refractivity contribution >= 4 is 0 Å². The molecule has 1 aromatic heterocycles. The number of halogens is 5. The highest BCUT2D eigenvalue weighted by atomic mass is 19.4. The van der Waals surface area contributed by atoms with Crippen LogP contribution in [-0.2, 0) is 0 Å². The summed E-state index contributed by atoms with van der Waals surface area (Å²) in [6.07, 6.45) is -2.26. The predicted molar refractivity (Wildman–Crippen MR) is 66.8 cm³/mol. The third-order valence-corrected chi connectivity index (χ3v) is 2.48. The van der Waals surface area contributed by atoms with Gasteiger partial charge in [0.25, 0.3) is 5.92 Å². The maximum absolute atomic E-state index is 12.8. The van der Waals surface area contributed by atoms with E-state index in [2.05, 4.69) is 14.9 Å². The monoisotopic (exact) mass is 322 g/mol. The Bertz CT molecular complexity index is 620. The first-order chi connectivity index (χ1) is 10.1. The van der Waals surface area contributed by atoms with E-state index < -0.39 is 24.6 Å². The molecule has 0 fully saturated rings. The maximum atomic E-state index is 12.8. The van der Waals surface area contributed by atoms with Crippen molar-refractivity contribution in [1.82, 2.24) is 10.2 Å². The van der Waals surface area contributed by atoms with Crippen molar-refractivity contribution in [3.8, 4) is 22.6 Å². The van der Waals surface area contributed by atoms with Crippen molar-refractivity contribution in [2.45, 2.75) is 19.2 Å². The summed E-state index contributed by atoms with van der Waals surface area (Å²) in [7, 11) is 0. The molecule has 120 valence electrons. The lowest BCUT2D eigenvalue weighted by molar-refractivity contribution is -0.274. The van der Waals surface area contributed by atoms with Crippen molar-refractivity contribution in [2.24, 2.45) is 0 Å². The molecule has 0 atom stereocenters. The summed E-state index contributed by atoms with van der Waals surface area (Å²) in [6.45, 7) is -0.220. The van der Waals surface area contributed by atoms with Gasteiger partial charge >= 0.3 is 6.36 Å². The number of alkyl halides is 5. The second-order valence-electron chi connectivity index (χ2n) is 4.55. The Hall–Kier alpha value is -2.32. The first-order valence-corrected chi connectivity index (χ1v) is 6.04. The summed E-state index contributed by atoms with van der Waals surface area (Å²) in [5.74, 6) is -3.55. The van der Waals surface area contributed by atoms with Gasteiger partial charge in [-0.3, -0.25) is 5.10 Å². The zero-order chi connectivity index (χ0) is 16.4. The fourth-order valence-corrected chi connectivity index (χ4v) is 1.65. The van der Waals surface area contributed by atoms with Crippen molar-refractivity contribution in [3.05, 3.63) is 30.6 Å². The highest BCUT2D eigenvalue weighted by Crippen LogP contribution is 2.36. The maximum Gasteiger partial charge on any atom is 0.573 e. The minimum atomic E-state index is -4.88. The number of aromatic amines is 1. The molecule has 4 nitrogen and oxygen atoms in total. The average Bonchev–Trinajstić information content (AvgIpc) is 2.88. The summed E-state index contributed by atoms with van der Waals surface area (Å²) in [4.78, 5) is 0. The van der Waals surface area contributed by atoms with Crippen LogP contribution in [0.15, 0.2) is 30.6 Å². The molecule has 1 aromatic carbocycles. The van der Waals surface area contributed by atoms with Gasteiger partial charge in [0, 0.05) is 24.2 Å². The van der Waals surface area contributed by atoms with Crippen molar-refractivity contribution in [2.75, 3.05) is 6.61 Å². The molecule has 2 aromatic rings. The fourth-order valence-electron chi connectivity index (χ4n) is 1.65. The number of benzene rings is 1. The Morgan fingerprint density at radius 2 is 1.91 bits per heavy atom. The van der Waals surface area contributed by atoms with Crippen LogP contribution in [0.25, 0.3) is 11.1 Å². The molecule has 0 aliphatic rings. The van der Waals surface area contributed by atoms with Gasteiger partial charge < -0.3 is 9.47 Å². The van der Waals surface area contributed by atoms with E-state index in [-0.39, 0.29) is 11.3 Å². The van der Waals surface area contributed by atoms with Crippen LogP contribution in [0.4, 0.5) is 22.0 Å². The first-order valence-electron chi connectivity index (χ1n) is 6.04. The van der Waals surface area contributed by atoms with Gasteiger partial charge in [0.1, 0.15) is 11.5 Å². The second-order valence-corrected chi connectivity index (χ2v) is 4.55. The molecular weight excluding hydrogens is 311 g/mol. The van der Waals surface area contributed by atoms with E-state index in [9.17, 15) is 22.0 Å². The third-order valence-electron chi connectivity index (χ3n) is 2.48. The van der Waals surface area contributed by atoms with E-state index in [0.29, 0.717) is 12.5 Å². The summed E-state index contributed by atoms with van der Waals surface area (Å²) < 4.78 is 71.5. The number of hydrogen-bond acceptors (Lipinski definition) is 3. The van der Waals surface area contributed by atoms with E-state index in [4.69, 9.17) is 4.74 Å². The normalized spacial score (nSPS) is 12.3. The molecule has 0 radical (unpaired) electrons. The largest absolute Gasteiger partial charge is 0.573 e. The number of ether oxygens (including phenoxy) is 2.